The molecule has 0 saturated heterocycles. The van der Waals surface area contributed by atoms with Crippen LogP contribution in [0.3, 0.4) is 0 Å². The molecule has 0 N–H and O–H groups in total. The third-order valence-corrected chi connectivity index (χ3v) is 7.88. The second-order valence-corrected chi connectivity index (χ2v) is 9.19. The van der Waals surface area contributed by atoms with Gasteiger partial charge in [0.05, 0.1) is 10.8 Å². The van der Waals surface area contributed by atoms with Gasteiger partial charge in [-0.2, -0.15) is 4.31 Å². The number of rotatable bonds is 4. The van der Waals surface area contributed by atoms with Crippen LogP contribution in [0.1, 0.15) is 42.4 Å². The molecule has 2 atom stereocenters. The molecule has 0 aliphatic heterocycles. The summed E-state index contributed by atoms with van der Waals surface area (Å²) in [6, 6.07) is 1.85. The molecule has 0 aromatic carbocycles. The molecular formula is C14H22ClNO2S2. The second kappa shape index (κ2) is 6.34. The van der Waals surface area contributed by atoms with Crippen molar-refractivity contribution in [2.75, 3.05) is 7.05 Å². The van der Waals surface area contributed by atoms with Gasteiger partial charge in [-0.05, 0) is 31.7 Å². The Kier molecular flexibility index (Phi) is 5.16. The van der Waals surface area contributed by atoms with E-state index < -0.39 is 10.0 Å². The van der Waals surface area contributed by atoms with Gasteiger partial charge in [0.15, 0.2) is 0 Å². The fourth-order valence-corrected chi connectivity index (χ4v) is 6.19. The van der Waals surface area contributed by atoms with Crippen molar-refractivity contribution in [2.24, 2.45) is 5.92 Å². The van der Waals surface area contributed by atoms with Gasteiger partial charge in [0.1, 0.15) is 0 Å². The van der Waals surface area contributed by atoms with Crippen LogP contribution in [0.5, 0.6) is 0 Å². The van der Waals surface area contributed by atoms with Crippen molar-refractivity contribution in [3.05, 3.63) is 15.8 Å². The van der Waals surface area contributed by atoms with Crippen LogP contribution in [0.2, 0.25) is 0 Å². The van der Waals surface area contributed by atoms with Crippen molar-refractivity contribution < 1.29 is 8.42 Å². The van der Waals surface area contributed by atoms with Crippen molar-refractivity contribution in [1.29, 1.82) is 0 Å². The lowest BCUT2D eigenvalue weighted by Crippen LogP contribution is -2.42. The summed E-state index contributed by atoms with van der Waals surface area (Å²) < 4.78 is 27.2. The fourth-order valence-electron chi connectivity index (χ4n) is 3.02. The standard InChI is InChI=1S/C14H22ClNO2S2/c1-10-6-4-5-7-13(10)16(3)20(17,18)14-8-12(9-15)19-11(14)2/h8,10,13H,4-7,9H2,1-3H3. The third kappa shape index (κ3) is 3.06. The number of thiophene rings is 1. The topological polar surface area (TPSA) is 37.4 Å². The van der Waals surface area contributed by atoms with Crippen LogP contribution >= 0.6 is 22.9 Å². The van der Waals surface area contributed by atoms with Gasteiger partial charge in [0, 0.05) is 22.8 Å². The van der Waals surface area contributed by atoms with Gasteiger partial charge < -0.3 is 0 Å². The summed E-state index contributed by atoms with van der Waals surface area (Å²) in [4.78, 5) is 2.17. The van der Waals surface area contributed by atoms with E-state index in [1.165, 1.54) is 17.8 Å². The molecule has 1 aromatic heterocycles. The summed E-state index contributed by atoms with van der Waals surface area (Å²) in [5.74, 6) is 0.792. The number of sulfonamides is 1. The average Bonchev–Trinajstić information content (AvgIpc) is 2.80. The van der Waals surface area contributed by atoms with Crippen LogP contribution in [-0.4, -0.2) is 25.8 Å². The van der Waals surface area contributed by atoms with Crippen LogP contribution in [0.4, 0.5) is 0 Å². The van der Waals surface area contributed by atoms with E-state index in [2.05, 4.69) is 6.92 Å². The Morgan fingerprint density at radius 1 is 1.40 bits per heavy atom. The van der Waals surface area contributed by atoms with Crippen molar-refractivity contribution in [2.45, 2.75) is 56.3 Å². The zero-order chi connectivity index (χ0) is 14.9. The Hall–Kier alpha value is -0.100. The van der Waals surface area contributed by atoms with E-state index in [0.717, 1.165) is 29.0 Å². The summed E-state index contributed by atoms with van der Waals surface area (Å²) >= 11 is 7.28. The number of hydrogen-bond acceptors (Lipinski definition) is 3. The molecule has 114 valence electrons. The summed E-state index contributed by atoms with van der Waals surface area (Å²) in [6.45, 7) is 4.01. The van der Waals surface area contributed by atoms with E-state index in [0.29, 0.717) is 16.7 Å². The first kappa shape index (κ1) is 16.3. The van der Waals surface area contributed by atoms with Crippen molar-refractivity contribution in [3.63, 3.8) is 0 Å². The molecule has 2 rings (SSSR count). The van der Waals surface area contributed by atoms with Crippen LogP contribution in [-0.2, 0) is 15.9 Å². The number of hydrogen-bond donors (Lipinski definition) is 0. The van der Waals surface area contributed by atoms with E-state index >= 15 is 0 Å². The van der Waals surface area contributed by atoms with Gasteiger partial charge in [0.25, 0.3) is 0 Å². The van der Waals surface area contributed by atoms with E-state index in [4.69, 9.17) is 11.6 Å². The summed E-state index contributed by atoms with van der Waals surface area (Å²) in [7, 11) is -1.68. The molecule has 0 radical (unpaired) electrons. The van der Waals surface area contributed by atoms with Crippen LogP contribution < -0.4 is 0 Å². The number of halogens is 1. The Bertz CT molecular complexity index is 568. The van der Waals surface area contributed by atoms with Crippen molar-refractivity contribution in [3.8, 4) is 0 Å². The highest BCUT2D eigenvalue weighted by Crippen LogP contribution is 2.34. The minimum absolute atomic E-state index is 0.118. The lowest BCUT2D eigenvalue weighted by molar-refractivity contribution is 0.213. The molecule has 1 aromatic rings. The molecule has 2 unspecified atom stereocenters. The third-order valence-electron chi connectivity index (χ3n) is 4.25. The van der Waals surface area contributed by atoms with Gasteiger partial charge in [-0.3, -0.25) is 0 Å². The van der Waals surface area contributed by atoms with Gasteiger partial charge in [-0.25, -0.2) is 8.42 Å². The maximum absolute atomic E-state index is 12.8. The van der Waals surface area contributed by atoms with E-state index in [1.54, 1.807) is 17.4 Å². The fraction of sp³-hybridized carbons (Fsp3) is 0.714. The normalized spacial score (nSPS) is 24.2. The molecular weight excluding hydrogens is 314 g/mol. The van der Waals surface area contributed by atoms with Crippen molar-refractivity contribution in [1.82, 2.24) is 4.31 Å². The Labute approximate surface area is 131 Å². The molecule has 0 spiro atoms. The number of aryl methyl sites for hydroxylation is 1. The van der Waals surface area contributed by atoms with E-state index in [-0.39, 0.29) is 6.04 Å². The molecule has 1 aliphatic rings. The van der Waals surface area contributed by atoms with Crippen LogP contribution in [0, 0.1) is 12.8 Å². The molecule has 1 saturated carbocycles. The zero-order valence-electron chi connectivity index (χ0n) is 12.2. The molecule has 1 aliphatic carbocycles. The molecule has 20 heavy (non-hydrogen) atoms. The molecule has 3 nitrogen and oxygen atoms in total. The SMILES string of the molecule is Cc1sc(CCl)cc1S(=O)(=O)N(C)C1CCCCC1C. The van der Waals surface area contributed by atoms with Crippen molar-refractivity contribution >= 4 is 33.0 Å². The molecule has 1 fully saturated rings. The summed E-state index contributed by atoms with van der Waals surface area (Å²) in [6.07, 6.45) is 4.40. The van der Waals surface area contributed by atoms with Gasteiger partial charge in [0.2, 0.25) is 10.0 Å². The van der Waals surface area contributed by atoms with Gasteiger partial charge in [-0.15, -0.1) is 22.9 Å². The van der Waals surface area contributed by atoms with Crippen LogP contribution in [0.15, 0.2) is 11.0 Å². The maximum Gasteiger partial charge on any atom is 0.244 e. The lowest BCUT2D eigenvalue weighted by Gasteiger charge is -2.35. The largest absolute Gasteiger partial charge is 0.244 e. The van der Waals surface area contributed by atoms with E-state index in [1.807, 2.05) is 6.92 Å². The first-order valence-corrected chi connectivity index (χ1v) is 9.80. The first-order valence-electron chi connectivity index (χ1n) is 7.01. The van der Waals surface area contributed by atoms with Gasteiger partial charge >= 0.3 is 0 Å². The monoisotopic (exact) mass is 335 g/mol. The summed E-state index contributed by atoms with van der Waals surface area (Å²) in [5, 5.41) is 0. The Morgan fingerprint density at radius 3 is 2.60 bits per heavy atom. The highest BCUT2D eigenvalue weighted by atomic mass is 35.5. The summed E-state index contributed by atoms with van der Waals surface area (Å²) in [5.41, 5.74) is 0. The van der Waals surface area contributed by atoms with Gasteiger partial charge in [-0.1, -0.05) is 19.8 Å². The second-order valence-electron chi connectivity index (χ2n) is 5.62. The first-order chi connectivity index (χ1) is 9.37. The molecule has 6 heteroatoms. The average molecular weight is 336 g/mol. The minimum atomic E-state index is -3.41. The smallest absolute Gasteiger partial charge is 0.207 e. The predicted octanol–water partition coefficient (Wildman–Crippen LogP) is 3.99. The minimum Gasteiger partial charge on any atom is -0.207 e. The molecule has 0 bridgehead atoms. The maximum atomic E-state index is 12.8. The molecule has 0 amide bonds. The lowest BCUT2D eigenvalue weighted by atomic mass is 9.86. The quantitative estimate of drug-likeness (QED) is 0.780. The number of alkyl halides is 1. The molecule has 1 heterocycles. The predicted molar refractivity (Wildman–Crippen MR) is 85.0 cm³/mol. The highest BCUT2D eigenvalue weighted by Gasteiger charge is 2.34. The van der Waals surface area contributed by atoms with E-state index in [9.17, 15) is 8.42 Å². The van der Waals surface area contributed by atoms with Crippen LogP contribution in [0.25, 0.3) is 0 Å². The number of nitrogens with zero attached hydrogens (tertiary/aromatic N) is 1. The Morgan fingerprint density at radius 2 is 2.05 bits per heavy atom. The Balaban J connectivity index is 2.31. The highest BCUT2D eigenvalue weighted by molar-refractivity contribution is 7.89. The zero-order valence-corrected chi connectivity index (χ0v) is 14.6.